The van der Waals surface area contributed by atoms with Gasteiger partial charge in [-0.2, -0.15) is 5.26 Å². The number of benzene rings is 2. The fourth-order valence-corrected chi connectivity index (χ4v) is 8.91. The zero-order valence-electron chi connectivity index (χ0n) is 28.4. The molecule has 48 heavy (non-hydrogen) atoms. The monoisotopic (exact) mass is 662 g/mol. The molecule has 9 nitrogen and oxygen atoms in total. The molecule has 1 saturated carbocycles. The number of alkyl halides is 1. The topological polar surface area (TPSA) is 92.1 Å². The van der Waals surface area contributed by atoms with E-state index in [0.29, 0.717) is 17.7 Å². The van der Waals surface area contributed by atoms with Gasteiger partial charge in [0.2, 0.25) is 0 Å². The first-order valence-corrected chi connectivity index (χ1v) is 17.3. The summed E-state index contributed by atoms with van der Waals surface area (Å²) in [5, 5.41) is 12.6. The Morgan fingerprint density at radius 2 is 1.79 bits per heavy atom. The maximum atomic E-state index is 16.2. The molecule has 0 aromatic heterocycles. The van der Waals surface area contributed by atoms with Crippen molar-refractivity contribution in [1.82, 2.24) is 20.0 Å². The molecule has 2 amide bonds. The Labute approximate surface area is 282 Å². The van der Waals surface area contributed by atoms with Crippen LogP contribution in [0.5, 0.6) is 0 Å². The molecular weight excluding hydrogens is 614 g/mol. The molecular formula is C37H48F2N6O3. The number of hydrogen-bond acceptors (Lipinski definition) is 7. The fraction of sp³-hybridized carbons (Fsp3) is 0.595. The molecule has 11 heteroatoms. The summed E-state index contributed by atoms with van der Waals surface area (Å²) in [5.41, 5.74) is 0.622. The molecule has 0 bridgehead atoms. The highest BCUT2D eigenvalue weighted by Gasteiger charge is 2.54. The van der Waals surface area contributed by atoms with Crippen LogP contribution >= 0.6 is 0 Å². The van der Waals surface area contributed by atoms with Crippen LogP contribution in [0.3, 0.4) is 0 Å². The number of nitriles is 1. The molecule has 1 aliphatic carbocycles. The third-order valence-electron chi connectivity index (χ3n) is 11.4. The number of piperidine rings is 1. The number of methoxy groups -OCH3 is 1. The second-order valence-corrected chi connectivity index (χ2v) is 14.6. The van der Waals surface area contributed by atoms with Crippen LogP contribution in [0.4, 0.5) is 19.3 Å². The average molecular weight is 663 g/mol. The molecule has 1 N–H and O–H groups in total. The molecule has 3 atom stereocenters. The highest BCUT2D eigenvalue weighted by molar-refractivity contribution is 5.97. The summed E-state index contributed by atoms with van der Waals surface area (Å²) in [6.45, 7) is 5.10. The van der Waals surface area contributed by atoms with Crippen molar-refractivity contribution in [2.75, 3.05) is 78.5 Å². The third-order valence-corrected chi connectivity index (χ3v) is 11.4. The van der Waals surface area contributed by atoms with Crippen LogP contribution < -0.4 is 10.2 Å². The van der Waals surface area contributed by atoms with Crippen molar-refractivity contribution in [3.8, 4) is 6.07 Å². The van der Waals surface area contributed by atoms with Gasteiger partial charge >= 0.3 is 6.09 Å². The fourth-order valence-electron chi connectivity index (χ4n) is 8.91. The number of likely N-dealkylation sites (tertiary alicyclic amines) is 2. The van der Waals surface area contributed by atoms with E-state index in [-0.39, 0.29) is 48.1 Å². The smallest absolute Gasteiger partial charge is 0.407 e. The lowest BCUT2D eigenvalue weighted by atomic mass is 9.57. The molecule has 3 aliphatic heterocycles. The van der Waals surface area contributed by atoms with Crippen LogP contribution in [-0.4, -0.2) is 112 Å². The van der Waals surface area contributed by atoms with Gasteiger partial charge in [-0.05, 0) is 106 Å². The quantitative estimate of drug-likeness (QED) is 0.391. The van der Waals surface area contributed by atoms with E-state index in [2.05, 4.69) is 27.3 Å². The van der Waals surface area contributed by atoms with Crippen LogP contribution in [0.1, 0.15) is 60.0 Å². The van der Waals surface area contributed by atoms with Gasteiger partial charge in [-0.15, -0.1) is 0 Å². The number of ether oxygens (including phenoxy) is 1. The normalized spacial score (nSPS) is 24.1. The number of carbonyl (C=O) groups is 2. The summed E-state index contributed by atoms with van der Waals surface area (Å²) in [4.78, 5) is 33.2. The summed E-state index contributed by atoms with van der Waals surface area (Å²) < 4.78 is 36.1. The largest absolute Gasteiger partial charge is 0.453 e. The third kappa shape index (κ3) is 6.74. The van der Waals surface area contributed by atoms with Gasteiger partial charge in [0.1, 0.15) is 5.82 Å². The van der Waals surface area contributed by atoms with E-state index >= 15 is 4.39 Å². The highest BCUT2D eigenvalue weighted by Crippen LogP contribution is 2.51. The Bertz CT molecular complexity index is 1530. The molecule has 2 aromatic rings. The second-order valence-electron chi connectivity index (χ2n) is 14.6. The van der Waals surface area contributed by atoms with Crippen molar-refractivity contribution >= 4 is 17.7 Å². The number of halogens is 2. The number of alkyl carbamates (subject to hydrolysis) is 1. The number of nitrogens with zero attached hydrogens (tertiary/aromatic N) is 5. The van der Waals surface area contributed by atoms with Crippen LogP contribution in [0.15, 0.2) is 42.5 Å². The molecule has 0 unspecified atom stereocenters. The Balaban J connectivity index is 1.18. The van der Waals surface area contributed by atoms with Gasteiger partial charge in [0.25, 0.3) is 5.91 Å². The Kier molecular flexibility index (Phi) is 9.96. The highest BCUT2D eigenvalue weighted by atomic mass is 19.1. The van der Waals surface area contributed by atoms with E-state index in [1.165, 1.54) is 18.1 Å². The molecule has 258 valence electrons. The summed E-state index contributed by atoms with van der Waals surface area (Å²) in [6.07, 6.45) is 5.23. The zero-order chi connectivity index (χ0) is 34.1. The molecule has 3 heterocycles. The van der Waals surface area contributed by atoms with Crippen molar-refractivity contribution < 1.29 is 23.1 Å². The second kappa shape index (κ2) is 14.0. The van der Waals surface area contributed by atoms with Crippen molar-refractivity contribution in [1.29, 1.82) is 5.26 Å². The number of anilines is 1. The molecule has 2 aromatic carbocycles. The lowest BCUT2D eigenvalue weighted by Crippen LogP contribution is -2.65. The van der Waals surface area contributed by atoms with Crippen molar-refractivity contribution in [2.24, 2.45) is 11.8 Å². The van der Waals surface area contributed by atoms with E-state index in [9.17, 15) is 19.2 Å². The molecule has 4 aliphatic rings. The summed E-state index contributed by atoms with van der Waals surface area (Å²) in [7, 11) is 4.68. The van der Waals surface area contributed by atoms with Gasteiger partial charge in [0.05, 0.1) is 37.4 Å². The Morgan fingerprint density at radius 3 is 2.42 bits per heavy atom. The Morgan fingerprint density at radius 1 is 1.04 bits per heavy atom. The summed E-state index contributed by atoms with van der Waals surface area (Å²) >= 11 is 0. The van der Waals surface area contributed by atoms with E-state index in [1.54, 1.807) is 38.4 Å². The van der Waals surface area contributed by atoms with E-state index < -0.39 is 11.8 Å². The van der Waals surface area contributed by atoms with Gasteiger partial charge in [-0.25, -0.2) is 13.6 Å². The van der Waals surface area contributed by atoms with Gasteiger partial charge in [0, 0.05) is 44.3 Å². The van der Waals surface area contributed by atoms with Gasteiger partial charge in [0.15, 0.2) is 5.67 Å². The maximum Gasteiger partial charge on any atom is 0.407 e. The maximum absolute atomic E-state index is 16.2. The number of hydrogen-bond donors (Lipinski definition) is 1. The van der Waals surface area contributed by atoms with Gasteiger partial charge < -0.3 is 24.8 Å². The predicted molar refractivity (Wildman–Crippen MR) is 180 cm³/mol. The minimum Gasteiger partial charge on any atom is -0.453 e. The molecule has 4 fully saturated rings. The van der Waals surface area contributed by atoms with Gasteiger partial charge in [-0.3, -0.25) is 9.69 Å². The minimum atomic E-state index is -1.38. The van der Waals surface area contributed by atoms with Crippen LogP contribution in [0, 0.1) is 29.0 Å². The number of rotatable bonds is 10. The zero-order valence-corrected chi connectivity index (χ0v) is 28.4. The molecule has 3 saturated heterocycles. The first-order chi connectivity index (χ1) is 23.0. The number of carbonyl (C=O) groups excluding carboxylic acids is 2. The van der Waals surface area contributed by atoms with E-state index in [4.69, 9.17) is 4.74 Å². The van der Waals surface area contributed by atoms with E-state index in [1.807, 2.05) is 11.0 Å². The minimum absolute atomic E-state index is 0.0640. The lowest BCUT2D eigenvalue weighted by molar-refractivity contribution is 0.00584. The standard InChI is InChI=1S/C37H48F2N6O3/c1-42(2)34(46)31-20-30(12-11-26(31)21-40)45-23-36(39,24-45)22-44-17-13-27(14-18-44)37(25-43-15-6-16-43,28-7-4-8-29(38)19-28)32-9-5-10-33(32)41-35(47)48-3/h4,7-8,11-12,19-20,27,32-33H,5-6,9-10,13-18,22-25H2,1-3H3,(H,41,47)/t32-,33-,37-/m0/s1. The molecule has 6 rings (SSSR count). The van der Waals surface area contributed by atoms with Crippen molar-refractivity contribution in [3.63, 3.8) is 0 Å². The van der Waals surface area contributed by atoms with Crippen LogP contribution in [-0.2, 0) is 10.2 Å². The molecule has 0 spiro atoms. The predicted octanol–water partition coefficient (Wildman–Crippen LogP) is 4.81. The first-order valence-electron chi connectivity index (χ1n) is 17.3. The molecule has 0 radical (unpaired) electrons. The first kappa shape index (κ1) is 34.1. The number of nitrogens with one attached hydrogen (secondary N) is 1. The van der Waals surface area contributed by atoms with Crippen LogP contribution in [0.2, 0.25) is 0 Å². The van der Waals surface area contributed by atoms with Crippen molar-refractivity contribution in [3.05, 3.63) is 65.0 Å². The van der Waals surface area contributed by atoms with E-state index in [0.717, 1.165) is 82.5 Å². The summed E-state index contributed by atoms with van der Waals surface area (Å²) in [5.74, 6) is -0.139. The van der Waals surface area contributed by atoms with Crippen molar-refractivity contribution in [2.45, 2.75) is 55.7 Å². The Hall–Kier alpha value is -3.75. The van der Waals surface area contributed by atoms with Gasteiger partial charge in [-0.1, -0.05) is 18.6 Å². The lowest BCUT2D eigenvalue weighted by Gasteiger charge is -2.54. The SMILES string of the molecule is COC(=O)N[C@H]1CCC[C@@H]1[C@](CN1CCC1)(c1cccc(F)c1)C1CCN(CC2(F)CN(c3ccc(C#N)c(C(=O)N(C)C)c3)C2)CC1. The van der Waals surface area contributed by atoms with Crippen LogP contribution in [0.25, 0.3) is 0 Å². The average Bonchev–Trinajstić information content (AvgIpc) is 3.51. The number of amides is 2. The summed E-state index contributed by atoms with van der Waals surface area (Å²) in [6, 6.07) is 14.2.